The van der Waals surface area contributed by atoms with Crippen LogP contribution in [0.25, 0.3) is 16.0 Å². The molecule has 0 unspecified atom stereocenters. The maximum absolute atomic E-state index is 3.50. The van der Waals surface area contributed by atoms with Gasteiger partial charge in [0.1, 0.15) is 8.80 Å². The van der Waals surface area contributed by atoms with E-state index in [0.717, 1.165) is 0 Å². The molecule has 0 aliphatic heterocycles. The predicted octanol–water partition coefficient (Wildman–Crippen LogP) is 1.96. The topological polar surface area (TPSA) is 42.3 Å². The Labute approximate surface area is 198 Å². The normalized spacial score (nSPS) is 9.07. The first-order valence-corrected chi connectivity index (χ1v) is 10.3. The van der Waals surface area contributed by atoms with Gasteiger partial charge in [-0.3, -0.25) is 0 Å². The Morgan fingerprint density at radius 1 is 0.571 bits per heavy atom. The SMILES string of the molecule is CC(C)(C)[Si](c1ccccc1)c1ccccc1.C[N-]C.C[N-]C.C[N-]C.[Cl-].[Ta]. The van der Waals surface area contributed by atoms with Crippen LogP contribution in [0.1, 0.15) is 20.8 Å². The Morgan fingerprint density at radius 2 is 0.786 bits per heavy atom. The number of rotatable bonds is 2. The molecule has 0 fully saturated rings. The third kappa shape index (κ3) is 17.7. The molecular weight excluding hydrogens is 551 g/mol. The summed E-state index contributed by atoms with van der Waals surface area (Å²) in [6.07, 6.45) is 0. The molecule has 0 aliphatic carbocycles. The minimum absolute atomic E-state index is 0. The fourth-order valence-corrected chi connectivity index (χ4v) is 5.36. The van der Waals surface area contributed by atoms with Crippen molar-refractivity contribution in [3.8, 4) is 0 Å². The van der Waals surface area contributed by atoms with Crippen LogP contribution in [0.3, 0.4) is 0 Å². The Hall–Kier alpha value is -0.433. The molecule has 0 saturated heterocycles. The Balaban J connectivity index is -0.000000225. The maximum atomic E-state index is 3.50. The van der Waals surface area contributed by atoms with Gasteiger partial charge in [0, 0.05) is 22.4 Å². The molecule has 3 nitrogen and oxygen atoms in total. The molecule has 0 bridgehead atoms. The Bertz CT molecular complexity index is 478. The van der Waals surface area contributed by atoms with E-state index in [1.807, 2.05) is 0 Å². The van der Waals surface area contributed by atoms with Gasteiger partial charge in [-0.1, -0.05) is 91.8 Å². The van der Waals surface area contributed by atoms with E-state index in [1.165, 1.54) is 10.4 Å². The van der Waals surface area contributed by atoms with Gasteiger partial charge in [0.25, 0.3) is 0 Å². The van der Waals surface area contributed by atoms with Crippen molar-refractivity contribution in [1.29, 1.82) is 0 Å². The second kappa shape index (κ2) is 22.9. The van der Waals surface area contributed by atoms with E-state index in [-0.39, 0.29) is 34.8 Å². The molecule has 6 heteroatoms. The van der Waals surface area contributed by atoms with E-state index >= 15 is 0 Å². The number of benzene rings is 2. The van der Waals surface area contributed by atoms with Gasteiger partial charge in [-0.2, -0.15) is 42.3 Å². The number of hydrogen-bond donors (Lipinski definition) is 0. The first-order chi connectivity index (χ1) is 12.3. The van der Waals surface area contributed by atoms with Gasteiger partial charge in [0.05, 0.1) is 0 Å². The van der Waals surface area contributed by atoms with Gasteiger partial charge in [-0.05, 0) is 5.04 Å². The first kappa shape index (κ1) is 35.0. The van der Waals surface area contributed by atoms with Gasteiger partial charge < -0.3 is 28.4 Å². The summed E-state index contributed by atoms with van der Waals surface area (Å²) >= 11 is 0. The van der Waals surface area contributed by atoms with E-state index in [4.69, 9.17) is 0 Å². The minimum atomic E-state index is -0.715. The van der Waals surface area contributed by atoms with Gasteiger partial charge in [0.15, 0.2) is 0 Å². The monoisotopic (exact) mass is 587 g/mol. The van der Waals surface area contributed by atoms with Crippen LogP contribution >= 0.6 is 0 Å². The zero-order valence-corrected chi connectivity index (χ0v) is 23.9. The third-order valence-corrected chi connectivity index (χ3v) is 6.20. The predicted molar refractivity (Wildman–Crippen MR) is 123 cm³/mol. The van der Waals surface area contributed by atoms with Crippen molar-refractivity contribution in [3.63, 3.8) is 0 Å². The van der Waals surface area contributed by atoms with E-state index in [0.29, 0.717) is 5.04 Å². The van der Waals surface area contributed by atoms with Crippen molar-refractivity contribution >= 4 is 19.2 Å². The molecule has 0 saturated carbocycles. The van der Waals surface area contributed by atoms with Crippen molar-refractivity contribution in [2.45, 2.75) is 25.8 Å². The molecule has 0 aliphatic rings. The molecule has 2 aromatic carbocycles. The summed E-state index contributed by atoms with van der Waals surface area (Å²) in [5.74, 6) is 0. The summed E-state index contributed by atoms with van der Waals surface area (Å²) in [6, 6.07) is 21.9. The quantitative estimate of drug-likeness (QED) is 0.483. The smallest absolute Gasteiger partial charge is 0.126 e. The average Bonchev–Trinajstić information content (AvgIpc) is 2.58. The van der Waals surface area contributed by atoms with Crippen molar-refractivity contribution in [3.05, 3.63) is 76.6 Å². The molecule has 0 N–H and O–H groups in total. The molecule has 0 spiro atoms. The Kier molecular flexibility index (Phi) is 28.6. The molecule has 0 heterocycles. The van der Waals surface area contributed by atoms with Crippen LogP contribution in [0.2, 0.25) is 5.04 Å². The van der Waals surface area contributed by atoms with Crippen LogP contribution in [0, 0.1) is 0 Å². The summed E-state index contributed by atoms with van der Waals surface area (Å²) in [5.41, 5.74) is 0. The van der Waals surface area contributed by atoms with E-state index in [9.17, 15) is 0 Å². The first-order valence-electron chi connectivity index (χ1n) is 8.75. The molecule has 28 heavy (non-hydrogen) atoms. The van der Waals surface area contributed by atoms with Gasteiger partial charge in [-0.15, -0.1) is 0 Å². The van der Waals surface area contributed by atoms with Gasteiger partial charge in [-0.25, -0.2) is 0 Å². The van der Waals surface area contributed by atoms with E-state index in [2.05, 4.69) is 97.4 Å². The number of nitrogens with zero attached hydrogens (tertiary/aromatic N) is 3. The Morgan fingerprint density at radius 3 is 0.964 bits per heavy atom. The molecule has 0 atom stereocenters. The van der Waals surface area contributed by atoms with Crippen LogP contribution in [-0.4, -0.2) is 51.1 Å². The van der Waals surface area contributed by atoms with E-state index in [1.54, 1.807) is 42.3 Å². The summed E-state index contributed by atoms with van der Waals surface area (Å²) in [6.45, 7) is 7.05. The van der Waals surface area contributed by atoms with Crippen LogP contribution in [0.15, 0.2) is 60.7 Å². The van der Waals surface area contributed by atoms with Crippen LogP contribution in [-0.2, 0) is 22.4 Å². The van der Waals surface area contributed by atoms with E-state index < -0.39 is 8.80 Å². The fraction of sp³-hybridized carbons (Fsp3) is 0.455. The number of hydrogen-bond acceptors (Lipinski definition) is 0. The number of halogens is 1. The minimum Gasteiger partial charge on any atom is -1.00 e. The summed E-state index contributed by atoms with van der Waals surface area (Å²) in [4.78, 5) is 0. The van der Waals surface area contributed by atoms with Gasteiger partial charge in [0.2, 0.25) is 0 Å². The molecular formula is C22H37ClN3SiTa-4. The largest absolute Gasteiger partial charge is 1.00 e. The van der Waals surface area contributed by atoms with Crippen molar-refractivity contribution in [1.82, 2.24) is 0 Å². The second-order valence-electron chi connectivity index (χ2n) is 6.70. The van der Waals surface area contributed by atoms with Crippen LogP contribution in [0.4, 0.5) is 0 Å². The maximum Gasteiger partial charge on any atom is 0.126 e. The molecule has 0 amide bonds. The molecule has 2 aromatic rings. The van der Waals surface area contributed by atoms with Gasteiger partial charge >= 0.3 is 0 Å². The zero-order chi connectivity index (χ0) is 20.4. The summed E-state index contributed by atoms with van der Waals surface area (Å²) in [7, 11) is 9.78. The molecule has 0 aromatic heterocycles. The molecule has 2 radical (unpaired) electrons. The van der Waals surface area contributed by atoms with Crippen LogP contribution < -0.4 is 22.8 Å². The third-order valence-electron chi connectivity index (χ3n) is 2.87. The molecule has 160 valence electrons. The standard InChI is InChI=1S/C16H19Si.3C2H6N.ClH.Ta/c1-16(2,3)17(14-10-6-4-7-11-14)15-12-8-5-9-13-15;3*1-3-2;;/h4-13H,1-3H3;3*1-2H3;1H;/q;3*-1;;/p-1. The molecule has 2 rings (SSSR count). The van der Waals surface area contributed by atoms with Crippen LogP contribution in [0.5, 0.6) is 0 Å². The zero-order valence-electron chi connectivity index (χ0n) is 18.9. The van der Waals surface area contributed by atoms with Crippen molar-refractivity contribution < 1.29 is 34.8 Å². The summed E-state index contributed by atoms with van der Waals surface area (Å²) < 4.78 is 0. The van der Waals surface area contributed by atoms with Crippen molar-refractivity contribution in [2.24, 2.45) is 0 Å². The summed E-state index contributed by atoms with van der Waals surface area (Å²) in [5, 5.41) is 13.8. The fourth-order valence-electron chi connectivity index (χ4n) is 2.24. The second-order valence-corrected chi connectivity index (χ2v) is 10.1. The average molecular weight is 588 g/mol. The van der Waals surface area contributed by atoms with Crippen molar-refractivity contribution in [2.75, 3.05) is 42.3 Å².